The topological polar surface area (TPSA) is 74.6 Å². The molecule has 0 aromatic rings. The molecule has 0 saturated carbocycles. The predicted molar refractivity (Wildman–Crippen MR) is 56.9 cm³/mol. The maximum Gasteiger partial charge on any atom is 0.513 e. The number of allylic oxidation sites excluding steroid dienone is 4. The van der Waals surface area contributed by atoms with E-state index in [9.17, 15) is 14.3 Å². The molecule has 0 spiro atoms. The Kier molecular flexibility index (Phi) is 3.42. The summed E-state index contributed by atoms with van der Waals surface area (Å²) in [7, 11) is -2.40. The van der Waals surface area contributed by atoms with Crippen LogP contribution in [0.2, 0.25) is 0 Å². The minimum absolute atomic E-state index is 0.133. The van der Waals surface area contributed by atoms with Crippen LogP contribution in [-0.2, 0) is 9.36 Å². The summed E-state index contributed by atoms with van der Waals surface area (Å²) in [5.74, 6) is -0.956. The van der Waals surface area contributed by atoms with Crippen molar-refractivity contribution < 1.29 is 19.4 Å². The molecule has 0 radical (unpaired) electrons. The van der Waals surface area contributed by atoms with Gasteiger partial charge in [-0.25, -0.2) is 0 Å². The Morgan fingerprint density at radius 2 is 2.27 bits per heavy atom. The monoisotopic (exact) mass is 229 g/mol. The molecule has 3 unspecified atom stereocenters. The summed E-state index contributed by atoms with van der Waals surface area (Å²) in [4.78, 5) is 19.9. The fraction of sp³-hybridized carbons (Fsp3) is 0.500. The first-order valence-corrected chi connectivity index (χ1v) is 5.88. The van der Waals surface area contributed by atoms with Crippen molar-refractivity contribution in [3.8, 4) is 0 Å². The van der Waals surface area contributed by atoms with Crippen LogP contribution in [0.25, 0.3) is 0 Å². The fourth-order valence-corrected chi connectivity index (χ4v) is 2.85. The zero-order valence-electron chi connectivity index (χ0n) is 8.67. The molecule has 3 atom stereocenters. The molecule has 0 aliphatic heterocycles. The van der Waals surface area contributed by atoms with Gasteiger partial charge in [0.25, 0.3) is 0 Å². The molecule has 0 bridgehead atoms. The average Bonchev–Trinajstić information content (AvgIpc) is 2.08. The highest BCUT2D eigenvalue weighted by Crippen LogP contribution is 2.47. The molecule has 1 aliphatic carbocycles. The fourth-order valence-electron chi connectivity index (χ4n) is 1.82. The molecule has 0 fully saturated rings. The van der Waals surface area contributed by atoms with Gasteiger partial charge >= 0.3 is 14.0 Å². The van der Waals surface area contributed by atoms with Gasteiger partial charge in [0.1, 0.15) is 0 Å². The molecule has 0 heterocycles. The van der Waals surface area contributed by atoms with E-state index in [4.69, 9.17) is 5.11 Å². The number of hydrogen-bond acceptors (Lipinski definition) is 2. The highest BCUT2D eigenvalue weighted by atomic mass is 31.1. The Balaban J connectivity index is 3.08. The Morgan fingerprint density at radius 1 is 1.67 bits per heavy atom. The van der Waals surface area contributed by atoms with Crippen molar-refractivity contribution in [3.63, 3.8) is 0 Å². The van der Waals surface area contributed by atoms with Gasteiger partial charge in [0.05, 0.1) is 11.8 Å². The lowest BCUT2D eigenvalue weighted by Gasteiger charge is -2.30. The van der Waals surface area contributed by atoms with E-state index in [1.165, 1.54) is 0 Å². The van der Waals surface area contributed by atoms with Crippen LogP contribution in [0.5, 0.6) is 0 Å². The largest absolute Gasteiger partial charge is 0.513 e. The quantitative estimate of drug-likeness (QED) is 0.726. The van der Waals surface area contributed by atoms with Gasteiger partial charge in [0.2, 0.25) is 5.66 Å². The molecule has 2 N–H and O–H groups in total. The number of carboxylic acids is 1. The van der Waals surface area contributed by atoms with Crippen molar-refractivity contribution in [3.05, 3.63) is 23.8 Å². The Morgan fingerprint density at radius 3 is 2.73 bits per heavy atom. The van der Waals surface area contributed by atoms with Gasteiger partial charge in [-0.1, -0.05) is 24.6 Å². The van der Waals surface area contributed by atoms with Crippen LogP contribution in [-0.4, -0.2) is 21.6 Å². The molecular weight excluding hydrogens is 215 g/mol. The zero-order chi connectivity index (χ0) is 11.6. The van der Waals surface area contributed by atoms with Crippen molar-refractivity contribution in [2.45, 2.75) is 25.9 Å². The zero-order valence-corrected chi connectivity index (χ0v) is 9.57. The third kappa shape index (κ3) is 2.33. The van der Waals surface area contributed by atoms with E-state index in [1.807, 2.05) is 0 Å². The van der Waals surface area contributed by atoms with Crippen molar-refractivity contribution in [2.75, 3.05) is 0 Å². The second-order valence-corrected chi connectivity index (χ2v) is 5.13. The van der Waals surface area contributed by atoms with Crippen molar-refractivity contribution in [2.24, 2.45) is 5.41 Å². The van der Waals surface area contributed by atoms with E-state index in [0.29, 0.717) is 0 Å². The van der Waals surface area contributed by atoms with E-state index in [0.717, 1.165) is 5.57 Å². The maximum atomic E-state index is 11.2. The first-order chi connectivity index (χ1) is 6.88. The molecule has 1 rings (SSSR count). The third-order valence-corrected chi connectivity index (χ3v) is 4.17. The van der Waals surface area contributed by atoms with Crippen LogP contribution in [0, 0.1) is 5.41 Å². The van der Waals surface area contributed by atoms with E-state index >= 15 is 0 Å². The Hall–Kier alpha value is -0.990. The van der Waals surface area contributed by atoms with Gasteiger partial charge in [0, 0.05) is 0 Å². The molecule has 0 aromatic carbocycles. The SMILES string of the molecule is CC1=CC=CC([P+](=O)O)C1(C)CC(=O)O. The smallest absolute Gasteiger partial charge is 0.481 e. The second-order valence-electron chi connectivity index (χ2n) is 3.97. The lowest BCUT2D eigenvalue weighted by atomic mass is 9.74. The van der Waals surface area contributed by atoms with Crippen molar-refractivity contribution >= 4 is 14.0 Å². The summed E-state index contributed by atoms with van der Waals surface area (Å²) in [5, 5.41) is 8.82. The minimum atomic E-state index is -2.40. The van der Waals surface area contributed by atoms with Gasteiger partial charge in [-0.2, -0.15) is 4.89 Å². The lowest BCUT2D eigenvalue weighted by Crippen LogP contribution is -2.34. The molecule has 82 valence electrons. The van der Waals surface area contributed by atoms with Gasteiger partial charge < -0.3 is 5.11 Å². The molecule has 0 saturated heterocycles. The number of carbonyl (C=O) groups is 1. The van der Waals surface area contributed by atoms with E-state index in [2.05, 4.69) is 0 Å². The summed E-state index contributed by atoms with van der Waals surface area (Å²) in [6.07, 6.45) is 4.96. The van der Waals surface area contributed by atoms with E-state index < -0.39 is 25.1 Å². The summed E-state index contributed by atoms with van der Waals surface area (Å²) in [6, 6.07) is 0. The normalized spacial score (nSPS) is 31.0. The van der Waals surface area contributed by atoms with Crippen LogP contribution < -0.4 is 0 Å². The summed E-state index contributed by atoms with van der Waals surface area (Å²) < 4.78 is 11.2. The van der Waals surface area contributed by atoms with E-state index in [-0.39, 0.29) is 6.42 Å². The minimum Gasteiger partial charge on any atom is -0.481 e. The van der Waals surface area contributed by atoms with Gasteiger partial charge in [-0.3, -0.25) is 4.79 Å². The van der Waals surface area contributed by atoms with Crippen LogP contribution in [0.1, 0.15) is 20.3 Å². The van der Waals surface area contributed by atoms with Crippen molar-refractivity contribution in [1.82, 2.24) is 0 Å². The number of rotatable bonds is 3. The summed E-state index contributed by atoms with van der Waals surface area (Å²) in [5.41, 5.74) is -0.550. The third-order valence-electron chi connectivity index (χ3n) is 2.95. The van der Waals surface area contributed by atoms with Crippen LogP contribution in [0.4, 0.5) is 0 Å². The Bertz CT molecular complexity index is 358. The van der Waals surface area contributed by atoms with Gasteiger partial charge in [-0.05, 0) is 17.6 Å². The Labute approximate surface area is 89.2 Å². The number of carboxylic acid groups (broad SMARTS) is 1. The molecule has 5 heteroatoms. The first-order valence-electron chi connectivity index (χ1n) is 4.60. The molecule has 15 heavy (non-hydrogen) atoms. The highest BCUT2D eigenvalue weighted by molar-refractivity contribution is 7.39. The number of hydrogen-bond donors (Lipinski definition) is 2. The average molecular weight is 229 g/mol. The number of aliphatic carboxylic acids is 1. The molecule has 0 aromatic heterocycles. The van der Waals surface area contributed by atoms with Crippen LogP contribution in [0.3, 0.4) is 0 Å². The van der Waals surface area contributed by atoms with Crippen LogP contribution >= 0.6 is 8.03 Å². The standard InChI is InChI=1S/C10H13O4P/c1-7-4-3-5-8(15(13)14)10(7,2)6-9(11)12/h3-5,8H,6H2,1-2H3,(H-,11,12,13,14)/p+1. The summed E-state index contributed by atoms with van der Waals surface area (Å²) in [6.45, 7) is 3.50. The lowest BCUT2D eigenvalue weighted by molar-refractivity contribution is -0.138. The van der Waals surface area contributed by atoms with Gasteiger partial charge in [0.15, 0.2) is 0 Å². The second kappa shape index (κ2) is 4.25. The highest BCUT2D eigenvalue weighted by Gasteiger charge is 2.48. The predicted octanol–water partition coefficient (Wildman–Crippen LogP) is 2.09. The van der Waals surface area contributed by atoms with Crippen molar-refractivity contribution in [1.29, 1.82) is 0 Å². The molecule has 1 aliphatic rings. The molecule has 0 amide bonds. The summed E-state index contributed by atoms with van der Waals surface area (Å²) >= 11 is 0. The van der Waals surface area contributed by atoms with Gasteiger partial charge in [-0.15, -0.1) is 0 Å². The maximum absolute atomic E-state index is 11.2. The first kappa shape index (κ1) is 12.1. The molecular formula is C10H14O4P+. The molecule has 4 nitrogen and oxygen atoms in total. The van der Waals surface area contributed by atoms with Crippen LogP contribution in [0.15, 0.2) is 23.8 Å². The van der Waals surface area contributed by atoms with E-state index in [1.54, 1.807) is 32.1 Å².